The van der Waals surface area contributed by atoms with Crippen molar-refractivity contribution in [2.45, 2.75) is 38.5 Å². The molecule has 0 bridgehead atoms. The van der Waals surface area contributed by atoms with E-state index in [1.165, 1.54) is 12.1 Å². The molecule has 0 radical (unpaired) electrons. The number of aryl methyl sites for hydroxylation is 2. The second-order valence-electron chi connectivity index (χ2n) is 6.69. The van der Waals surface area contributed by atoms with Crippen LogP contribution in [-0.4, -0.2) is 33.1 Å². The summed E-state index contributed by atoms with van der Waals surface area (Å²) in [6.07, 6.45) is 1.95. The van der Waals surface area contributed by atoms with Crippen LogP contribution in [0.15, 0.2) is 41.3 Å². The van der Waals surface area contributed by atoms with Crippen LogP contribution in [0.3, 0.4) is 0 Å². The maximum absolute atomic E-state index is 12.9. The topological polar surface area (TPSA) is 86.7 Å². The summed E-state index contributed by atoms with van der Waals surface area (Å²) in [7, 11) is -1.99. The number of carbonyl (C=O) groups is 1. The minimum absolute atomic E-state index is 0.0287. The van der Waals surface area contributed by atoms with Gasteiger partial charge in [-0.15, -0.1) is 0 Å². The Balaban J connectivity index is 2.48. The van der Waals surface area contributed by atoms with Crippen molar-refractivity contribution in [3.63, 3.8) is 0 Å². The molecule has 0 amide bonds. The van der Waals surface area contributed by atoms with Crippen LogP contribution in [-0.2, 0) is 10.0 Å². The number of hydrogen-bond donors (Lipinski definition) is 2. The molecule has 0 aromatic heterocycles. The van der Waals surface area contributed by atoms with E-state index in [9.17, 15) is 18.3 Å². The molecular weight excluding hydrogens is 364 g/mol. The van der Waals surface area contributed by atoms with Gasteiger partial charge in [0.05, 0.1) is 21.8 Å². The van der Waals surface area contributed by atoms with Crippen molar-refractivity contribution >= 4 is 27.4 Å². The van der Waals surface area contributed by atoms with E-state index >= 15 is 0 Å². The highest BCUT2D eigenvalue weighted by Gasteiger charge is 2.20. The first-order valence-electron chi connectivity index (χ1n) is 8.84. The fraction of sp³-hybridized carbons (Fsp3) is 0.350. The predicted molar refractivity (Wildman–Crippen MR) is 108 cm³/mol. The van der Waals surface area contributed by atoms with Crippen LogP contribution in [0.2, 0.25) is 0 Å². The average molecular weight is 391 g/mol. The van der Waals surface area contributed by atoms with Crippen LogP contribution in [0.5, 0.6) is 0 Å². The number of rotatable bonds is 8. The second-order valence-corrected chi connectivity index (χ2v) is 8.34. The Bertz CT molecular complexity index is 939. The summed E-state index contributed by atoms with van der Waals surface area (Å²) in [6, 6.07) is 9.59. The van der Waals surface area contributed by atoms with Crippen molar-refractivity contribution in [3.8, 4) is 0 Å². The summed E-state index contributed by atoms with van der Waals surface area (Å²) in [5.74, 6) is -1.11. The number of carboxylic acids is 1. The fourth-order valence-corrected chi connectivity index (χ4v) is 4.19. The molecule has 0 atom stereocenters. The smallest absolute Gasteiger partial charge is 0.335 e. The lowest BCUT2D eigenvalue weighted by atomic mass is 10.1. The maximum Gasteiger partial charge on any atom is 0.335 e. The van der Waals surface area contributed by atoms with E-state index in [0.29, 0.717) is 11.3 Å². The summed E-state index contributed by atoms with van der Waals surface area (Å²) >= 11 is 0. The van der Waals surface area contributed by atoms with Gasteiger partial charge in [0.15, 0.2) is 0 Å². The number of sulfonamides is 1. The zero-order valence-corrected chi connectivity index (χ0v) is 16.9. The van der Waals surface area contributed by atoms with Gasteiger partial charge in [-0.2, -0.15) is 0 Å². The number of unbranched alkanes of at least 4 members (excludes halogenated alkanes) is 1. The minimum Gasteiger partial charge on any atom is -0.478 e. The molecule has 0 fully saturated rings. The molecule has 146 valence electrons. The number of nitrogens with zero attached hydrogens (tertiary/aromatic N) is 1. The first-order chi connectivity index (χ1) is 12.7. The zero-order chi connectivity index (χ0) is 20.2. The molecule has 0 aliphatic heterocycles. The standard InChI is InChI=1S/C20H26N2O4S/c1-5-6-11-22(4)18-9-8-16(20(23)24)13-17(18)21-27(25,26)19-10-7-14(2)12-15(19)3/h7-10,12-13,21H,5-6,11H2,1-4H3,(H,23,24). The highest BCUT2D eigenvalue weighted by molar-refractivity contribution is 7.92. The molecule has 2 aromatic carbocycles. The van der Waals surface area contributed by atoms with Crippen molar-refractivity contribution in [1.82, 2.24) is 0 Å². The lowest BCUT2D eigenvalue weighted by Gasteiger charge is -2.23. The Labute approximate surface area is 160 Å². The van der Waals surface area contributed by atoms with Gasteiger partial charge in [0.25, 0.3) is 10.0 Å². The largest absolute Gasteiger partial charge is 0.478 e. The van der Waals surface area contributed by atoms with E-state index in [1.807, 2.05) is 18.9 Å². The highest BCUT2D eigenvalue weighted by Crippen LogP contribution is 2.30. The van der Waals surface area contributed by atoms with Crippen LogP contribution < -0.4 is 9.62 Å². The molecule has 0 aliphatic rings. The van der Waals surface area contributed by atoms with Crippen molar-refractivity contribution in [2.24, 2.45) is 0 Å². The number of aromatic carboxylic acids is 1. The first-order valence-corrected chi connectivity index (χ1v) is 10.3. The number of hydrogen-bond acceptors (Lipinski definition) is 4. The summed E-state index contributed by atoms with van der Waals surface area (Å²) < 4.78 is 28.4. The molecule has 0 unspecified atom stereocenters. The van der Waals surface area contributed by atoms with Gasteiger partial charge in [-0.05, 0) is 50.1 Å². The molecular formula is C20H26N2O4S. The Morgan fingerprint density at radius 3 is 2.44 bits per heavy atom. The second kappa shape index (κ2) is 8.43. The molecule has 2 N–H and O–H groups in total. The number of anilines is 2. The van der Waals surface area contributed by atoms with Gasteiger partial charge < -0.3 is 10.0 Å². The molecule has 7 heteroatoms. The van der Waals surface area contributed by atoms with Gasteiger partial charge in [-0.3, -0.25) is 4.72 Å². The van der Waals surface area contributed by atoms with Crippen molar-refractivity contribution in [2.75, 3.05) is 23.2 Å². The maximum atomic E-state index is 12.9. The molecule has 27 heavy (non-hydrogen) atoms. The Morgan fingerprint density at radius 1 is 1.15 bits per heavy atom. The van der Waals surface area contributed by atoms with Gasteiger partial charge in [-0.1, -0.05) is 31.0 Å². The van der Waals surface area contributed by atoms with Crippen molar-refractivity contribution in [3.05, 3.63) is 53.1 Å². The van der Waals surface area contributed by atoms with E-state index in [-0.39, 0.29) is 16.1 Å². The number of nitrogens with one attached hydrogen (secondary N) is 1. The van der Waals surface area contributed by atoms with E-state index in [4.69, 9.17) is 0 Å². The molecule has 2 aromatic rings. The van der Waals surface area contributed by atoms with Crippen molar-refractivity contribution < 1.29 is 18.3 Å². The molecule has 0 aliphatic carbocycles. The molecule has 0 heterocycles. The average Bonchev–Trinajstić information content (AvgIpc) is 2.58. The summed E-state index contributed by atoms with van der Waals surface area (Å²) in [5, 5.41) is 9.28. The lowest BCUT2D eigenvalue weighted by Crippen LogP contribution is -2.22. The molecule has 0 saturated carbocycles. The Hall–Kier alpha value is -2.54. The van der Waals surface area contributed by atoms with Crippen molar-refractivity contribution in [1.29, 1.82) is 0 Å². The fourth-order valence-electron chi connectivity index (χ4n) is 2.90. The first kappa shape index (κ1) is 20.8. The van der Waals surface area contributed by atoms with Gasteiger partial charge in [0.1, 0.15) is 0 Å². The molecule has 6 nitrogen and oxygen atoms in total. The van der Waals surface area contributed by atoms with E-state index in [1.54, 1.807) is 31.2 Å². The van der Waals surface area contributed by atoms with Crippen LogP contribution in [0.4, 0.5) is 11.4 Å². The Morgan fingerprint density at radius 2 is 1.85 bits per heavy atom. The van der Waals surface area contributed by atoms with E-state index in [0.717, 1.165) is 24.9 Å². The summed E-state index contributed by atoms with van der Waals surface area (Å²) in [4.78, 5) is 13.4. The summed E-state index contributed by atoms with van der Waals surface area (Å²) in [5.41, 5.74) is 2.54. The van der Waals surface area contributed by atoms with Gasteiger partial charge in [0.2, 0.25) is 0 Å². The number of benzene rings is 2. The van der Waals surface area contributed by atoms with Gasteiger partial charge in [0, 0.05) is 13.6 Å². The normalized spacial score (nSPS) is 11.3. The third-order valence-electron chi connectivity index (χ3n) is 4.37. The quantitative estimate of drug-likeness (QED) is 0.710. The predicted octanol–water partition coefficient (Wildman–Crippen LogP) is 4.04. The highest BCUT2D eigenvalue weighted by atomic mass is 32.2. The number of carboxylic acid groups (broad SMARTS) is 1. The van der Waals surface area contributed by atoms with E-state index < -0.39 is 16.0 Å². The molecule has 0 saturated heterocycles. The van der Waals surface area contributed by atoms with Crippen LogP contribution in [0.1, 0.15) is 41.3 Å². The lowest BCUT2D eigenvalue weighted by molar-refractivity contribution is 0.0697. The van der Waals surface area contributed by atoms with Gasteiger partial charge in [-0.25, -0.2) is 13.2 Å². The minimum atomic E-state index is -3.85. The zero-order valence-electron chi connectivity index (χ0n) is 16.1. The third kappa shape index (κ3) is 5.01. The van der Waals surface area contributed by atoms with E-state index in [2.05, 4.69) is 11.6 Å². The SMILES string of the molecule is CCCCN(C)c1ccc(C(=O)O)cc1NS(=O)(=O)c1ccc(C)cc1C. The van der Waals surface area contributed by atoms with Crippen LogP contribution in [0.25, 0.3) is 0 Å². The third-order valence-corrected chi connectivity index (χ3v) is 5.89. The molecule has 2 rings (SSSR count). The monoisotopic (exact) mass is 390 g/mol. The molecule has 0 spiro atoms. The van der Waals surface area contributed by atoms with Crippen LogP contribution >= 0.6 is 0 Å². The van der Waals surface area contributed by atoms with Gasteiger partial charge >= 0.3 is 5.97 Å². The summed E-state index contributed by atoms with van der Waals surface area (Å²) in [6.45, 7) is 6.45. The van der Waals surface area contributed by atoms with Crippen LogP contribution in [0, 0.1) is 13.8 Å². The Kier molecular flexibility index (Phi) is 6.49.